The highest BCUT2D eigenvalue weighted by Crippen LogP contribution is 2.42. The Bertz CT molecular complexity index is 957. The molecule has 0 saturated heterocycles. The number of carbonyl (C=O) groups excluding carboxylic acids is 1. The maximum Gasteiger partial charge on any atom is 0.235 e. The van der Waals surface area contributed by atoms with E-state index in [-0.39, 0.29) is 16.9 Å². The monoisotopic (exact) mass is 371 g/mol. The molecule has 0 bridgehead atoms. The van der Waals surface area contributed by atoms with Gasteiger partial charge >= 0.3 is 0 Å². The van der Waals surface area contributed by atoms with Crippen LogP contribution in [0.5, 0.6) is 5.75 Å². The molecule has 1 atom stereocenters. The summed E-state index contributed by atoms with van der Waals surface area (Å²) in [4.78, 5) is 16.4. The maximum atomic E-state index is 12.0. The van der Waals surface area contributed by atoms with E-state index in [1.165, 1.54) is 11.8 Å². The molecule has 5 nitrogen and oxygen atoms in total. The first-order valence-corrected chi connectivity index (χ1v) is 9.08. The zero-order valence-electron chi connectivity index (χ0n) is 13.0. The number of thioether (sulfide) groups is 1. The Morgan fingerprint density at radius 2 is 2.08 bits per heavy atom. The number of fused-ring (bicyclic) bond motifs is 1. The molecule has 1 aliphatic rings. The van der Waals surface area contributed by atoms with Gasteiger partial charge in [-0.2, -0.15) is 0 Å². The van der Waals surface area contributed by atoms with E-state index >= 15 is 0 Å². The van der Waals surface area contributed by atoms with Crippen LogP contribution in [0.15, 0.2) is 54.9 Å². The number of aromatic hydroxyl groups is 1. The number of anilines is 1. The number of benzene rings is 2. The van der Waals surface area contributed by atoms with Crippen LogP contribution in [0.25, 0.3) is 5.69 Å². The highest BCUT2D eigenvalue weighted by Gasteiger charge is 2.29. The SMILES string of the molecule is O=C1CS[C@H](c2cccc(O)c2)c2c(ncn2-c2cccc(Cl)c2)N1. The quantitative estimate of drug-likeness (QED) is 0.714. The Labute approximate surface area is 153 Å². The predicted molar refractivity (Wildman–Crippen MR) is 99.6 cm³/mol. The minimum absolute atomic E-state index is 0.0924. The average Bonchev–Trinajstić information content (AvgIpc) is 2.91. The van der Waals surface area contributed by atoms with E-state index in [9.17, 15) is 9.90 Å². The molecule has 2 N–H and O–H groups in total. The molecular formula is C18H14ClN3O2S. The van der Waals surface area contributed by atoms with Gasteiger partial charge in [-0.25, -0.2) is 4.98 Å². The van der Waals surface area contributed by atoms with E-state index in [1.807, 2.05) is 34.9 Å². The van der Waals surface area contributed by atoms with Crippen molar-refractivity contribution in [3.05, 3.63) is 71.1 Å². The summed E-state index contributed by atoms with van der Waals surface area (Å²) in [6.07, 6.45) is 1.68. The third kappa shape index (κ3) is 3.10. The summed E-state index contributed by atoms with van der Waals surface area (Å²) in [5, 5.41) is 13.2. The van der Waals surface area contributed by atoms with Crippen molar-refractivity contribution in [2.45, 2.75) is 5.25 Å². The number of hydrogen-bond donors (Lipinski definition) is 2. The Kier molecular flexibility index (Phi) is 4.15. The van der Waals surface area contributed by atoms with E-state index in [2.05, 4.69) is 10.3 Å². The third-order valence-electron chi connectivity index (χ3n) is 3.95. The molecule has 2 aromatic carbocycles. The molecule has 0 saturated carbocycles. The Morgan fingerprint density at radius 1 is 1.24 bits per heavy atom. The highest BCUT2D eigenvalue weighted by molar-refractivity contribution is 8.00. The van der Waals surface area contributed by atoms with Gasteiger partial charge in [0.15, 0.2) is 5.82 Å². The van der Waals surface area contributed by atoms with Crippen molar-refractivity contribution in [1.82, 2.24) is 9.55 Å². The van der Waals surface area contributed by atoms with E-state index in [0.717, 1.165) is 16.9 Å². The van der Waals surface area contributed by atoms with E-state index in [0.29, 0.717) is 16.6 Å². The molecule has 0 unspecified atom stereocenters. The normalized spacial score (nSPS) is 16.8. The van der Waals surface area contributed by atoms with Crippen LogP contribution in [0, 0.1) is 0 Å². The second-order valence-electron chi connectivity index (χ2n) is 5.66. The van der Waals surface area contributed by atoms with E-state index in [4.69, 9.17) is 11.6 Å². The van der Waals surface area contributed by atoms with Gasteiger partial charge in [0.1, 0.15) is 12.1 Å². The van der Waals surface area contributed by atoms with Crippen molar-refractivity contribution < 1.29 is 9.90 Å². The number of amides is 1. The van der Waals surface area contributed by atoms with E-state index in [1.54, 1.807) is 24.5 Å². The number of halogens is 1. The lowest BCUT2D eigenvalue weighted by atomic mass is 10.1. The van der Waals surface area contributed by atoms with Gasteiger partial charge in [0, 0.05) is 10.7 Å². The molecule has 4 rings (SSSR count). The lowest BCUT2D eigenvalue weighted by Crippen LogP contribution is -2.12. The molecule has 0 radical (unpaired) electrons. The Morgan fingerprint density at radius 3 is 2.88 bits per heavy atom. The molecule has 126 valence electrons. The van der Waals surface area contributed by atoms with Crippen LogP contribution in [-0.4, -0.2) is 26.3 Å². The average molecular weight is 372 g/mol. The molecule has 0 spiro atoms. The van der Waals surface area contributed by atoms with Gasteiger partial charge in [0.05, 0.1) is 16.7 Å². The molecule has 0 aliphatic carbocycles. The summed E-state index contributed by atoms with van der Waals surface area (Å²) in [5.74, 6) is 0.942. The zero-order chi connectivity index (χ0) is 17.4. The number of nitrogens with zero attached hydrogens (tertiary/aromatic N) is 2. The largest absolute Gasteiger partial charge is 0.508 e. The number of nitrogens with one attached hydrogen (secondary N) is 1. The zero-order valence-corrected chi connectivity index (χ0v) is 14.6. The molecular weight excluding hydrogens is 358 g/mol. The standard InChI is InChI=1S/C18H14ClN3O2S/c19-12-4-2-5-13(8-12)22-10-20-18-16(22)17(25-9-15(24)21-18)11-3-1-6-14(23)7-11/h1-8,10,17,23H,9H2,(H,21,24)/t17-/m1/s1. The highest BCUT2D eigenvalue weighted by atomic mass is 35.5. The lowest BCUT2D eigenvalue weighted by molar-refractivity contribution is -0.113. The fraction of sp³-hybridized carbons (Fsp3) is 0.111. The van der Waals surface area contributed by atoms with Crippen molar-refractivity contribution in [2.24, 2.45) is 0 Å². The van der Waals surface area contributed by atoms with Crippen LogP contribution in [-0.2, 0) is 4.79 Å². The number of hydrogen-bond acceptors (Lipinski definition) is 4. The molecule has 2 heterocycles. The van der Waals surface area contributed by atoms with Gasteiger partial charge in [0.2, 0.25) is 5.91 Å². The van der Waals surface area contributed by atoms with Crippen molar-refractivity contribution >= 4 is 35.1 Å². The third-order valence-corrected chi connectivity index (χ3v) is 5.44. The lowest BCUT2D eigenvalue weighted by Gasteiger charge is -2.18. The summed E-state index contributed by atoms with van der Waals surface area (Å²) in [7, 11) is 0. The van der Waals surface area contributed by atoms with Crippen molar-refractivity contribution in [3.8, 4) is 11.4 Å². The fourth-order valence-electron chi connectivity index (χ4n) is 2.88. The summed E-state index contributed by atoms with van der Waals surface area (Å²) >= 11 is 7.63. The van der Waals surface area contributed by atoms with Gasteiger partial charge < -0.3 is 10.4 Å². The van der Waals surface area contributed by atoms with Crippen molar-refractivity contribution in [3.63, 3.8) is 0 Å². The minimum Gasteiger partial charge on any atom is -0.508 e. The Balaban J connectivity index is 1.89. The topological polar surface area (TPSA) is 67.1 Å². The number of phenols is 1. The van der Waals surface area contributed by atoms with Gasteiger partial charge in [-0.1, -0.05) is 29.8 Å². The smallest absolute Gasteiger partial charge is 0.235 e. The predicted octanol–water partition coefficient (Wildman–Crippen LogP) is 4.01. The van der Waals surface area contributed by atoms with Gasteiger partial charge in [-0.15, -0.1) is 11.8 Å². The first kappa shape index (κ1) is 16.1. The number of carbonyl (C=O) groups is 1. The summed E-state index contributed by atoms with van der Waals surface area (Å²) in [6.45, 7) is 0. The molecule has 0 fully saturated rings. The molecule has 1 aliphatic heterocycles. The van der Waals surface area contributed by atoms with Gasteiger partial charge in [-0.05, 0) is 35.9 Å². The fourth-order valence-corrected chi connectivity index (χ4v) is 4.18. The van der Waals surface area contributed by atoms with Crippen molar-refractivity contribution in [2.75, 3.05) is 11.1 Å². The van der Waals surface area contributed by atoms with Crippen LogP contribution < -0.4 is 5.32 Å². The summed E-state index contributed by atoms with van der Waals surface area (Å²) in [6, 6.07) is 14.5. The van der Waals surface area contributed by atoms with Gasteiger partial charge in [0.25, 0.3) is 0 Å². The Hall–Kier alpha value is -2.44. The number of rotatable bonds is 2. The molecule has 7 heteroatoms. The van der Waals surface area contributed by atoms with Crippen LogP contribution in [0.2, 0.25) is 5.02 Å². The van der Waals surface area contributed by atoms with Crippen LogP contribution >= 0.6 is 23.4 Å². The second-order valence-corrected chi connectivity index (χ2v) is 7.19. The second kappa shape index (κ2) is 6.46. The van der Waals surface area contributed by atoms with Crippen LogP contribution in [0.3, 0.4) is 0 Å². The number of phenolic OH excluding ortho intramolecular Hbond substituents is 1. The molecule has 1 amide bonds. The number of imidazole rings is 1. The molecule has 25 heavy (non-hydrogen) atoms. The molecule has 3 aromatic rings. The molecule has 1 aromatic heterocycles. The number of aromatic nitrogens is 2. The summed E-state index contributed by atoms with van der Waals surface area (Å²) < 4.78 is 1.93. The maximum absolute atomic E-state index is 12.0. The first-order chi connectivity index (χ1) is 12.1. The van der Waals surface area contributed by atoms with Crippen LogP contribution in [0.1, 0.15) is 16.5 Å². The van der Waals surface area contributed by atoms with Gasteiger partial charge in [-0.3, -0.25) is 9.36 Å². The van der Waals surface area contributed by atoms with Crippen molar-refractivity contribution in [1.29, 1.82) is 0 Å². The van der Waals surface area contributed by atoms with Crippen LogP contribution in [0.4, 0.5) is 5.82 Å². The minimum atomic E-state index is -0.150. The van der Waals surface area contributed by atoms with E-state index < -0.39 is 0 Å². The first-order valence-electron chi connectivity index (χ1n) is 7.65. The summed E-state index contributed by atoms with van der Waals surface area (Å²) in [5.41, 5.74) is 2.62.